The molecule has 0 radical (unpaired) electrons. The second kappa shape index (κ2) is 4.21. The predicted octanol–water partition coefficient (Wildman–Crippen LogP) is 1.11. The van der Waals surface area contributed by atoms with Crippen LogP contribution in [0.1, 0.15) is 26.2 Å². The molecular weight excluding hydrogens is 192 g/mol. The summed E-state index contributed by atoms with van der Waals surface area (Å²) in [6, 6.07) is 0.131. The first kappa shape index (κ1) is 10.5. The van der Waals surface area contributed by atoms with E-state index in [0.29, 0.717) is 25.3 Å². The minimum atomic E-state index is 0.0188. The van der Waals surface area contributed by atoms with Crippen molar-refractivity contribution in [3.05, 3.63) is 0 Å². The molecule has 2 aliphatic rings. The molecule has 0 aromatic rings. The summed E-state index contributed by atoms with van der Waals surface area (Å²) in [6.07, 6.45) is 2.77. The molecule has 2 aliphatic heterocycles. The molecule has 0 N–H and O–H groups in total. The molecule has 2 fully saturated rings. The average molecular weight is 210 g/mol. The molecule has 0 bridgehead atoms. The van der Waals surface area contributed by atoms with E-state index < -0.39 is 0 Å². The number of piperidine rings is 1. The molecule has 0 saturated carbocycles. The van der Waals surface area contributed by atoms with Crippen LogP contribution in [0.25, 0.3) is 0 Å². The number of hydrogen-bond donors (Lipinski definition) is 0. The van der Waals surface area contributed by atoms with Gasteiger partial charge in [-0.15, -0.1) is 0 Å². The van der Waals surface area contributed by atoms with Crippen molar-refractivity contribution in [3.63, 3.8) is 0 Å². The van der Waals surface area contributed by atoms with E-state index >= 15 is 0 Å². The highest BCUT2D eigenvalue weighted by molar-refractivity contribution is 5.84. The Balaban J connectivity index is 1.93. The number of carbonyl (C=O) groups excluding carboxylic acids is 2. The van der Waals surface area contributed by atoms with Crippen LogP contribution in [-0.4, -0.2) is 47.8 Å². The van der Waals surface area contributed by atoms with Crippen molar-refractivity contribution in [2.45, 2.75) is 26.2 Å². The van der Waals surface area contributed by atoms with E-state index in [1.165, 1.54) is 0 Å². The summed E-state index contributed by atoms with van der Waals surface area (Å²) in [5.74, 6) is 0.311. The van der Waals surface area contributed by atoms with Gasteiger partial charge in [0.1, 0.15) is 5.78 Å². The predicted molar refractivity (Wildman–Crippen MR) is 56.6 cm³/mol. The highest BCUT2D eigenvalue weighted by atomic mass is 16.2. The molecular formula is C11H18N2O2. The summed E-state index contributed by atoms with van der Waals surface area (Å²) in [4.78, 5) is 27.1. The number of ketones is 1. The Hall–Kier alpha value is -1.06. The standard InChI is InChI=1S/C11H18N2O2/c1-9-8-13(7-4-10(9)14)11(15)12-5-2-3-6-12/h9H,2-8H2,1H3. The highest BCUT2D eigenvalue weighted by Gasteiger charge is 2.30. The zero-order valence-electron chi connectivity index (χ0n) is 9.24. The van der Waals surface area contributed by atoms with E-state index in [0.717, 1.165) is 25.9 Å². The van der Waals surface area contributed by atoms with E-state index in [4.69, 9.17) is 0 Å². The smallest absolute Gasteiger partial charge is 0.320 e. The normalized spacial score (nSPS) is 27.3. The highest BCUT2D eigenvalue weighted by Crippen LogP contribution is 2.16. The fraction of sp³-hybridized carbons (Fsp3) is 0.818. The van der Waals surface area contributed by atoms with Crippen molar-refractivity contribution in [2.75, 3.05) is 26.2 Å². The molecule has 4 nitrogen and oxygen atoms in total. The van der Waals surface area contributed by atoms with Crippen molar-refractivity contribution in [2.24, 2.45) is 5.92 Å². The van der Waals surface area contributed by atoms with Gasteiger partial charge in [0.2, 0.25) is 0 Å². The fourth-order valence-corrected chi connectivity index (χ4v) is 2.30. The second-order valence-corrected chi connectivity index (χ2v) is 4.54. The van der Waals surface area contributed by atoms with Gasteiger partial charge in [-0.2, -0.15) is 0 Å². The van der Waals surface area contributed by atoms with Gasteiger partial charge in [-0.05, 0) is 12.8 Å². The minimum absolute atomic E-state index is 0.0188. The lowest BCUT2D eigenvalue weighted by Gasteiger charge is -2.33. The lowest BCUT2D eigenvalue weighted by molar-refractivity contribution is -0.124. The third-order valence-corrected chi connectivity index (χ3v) is 3.32. The number of carbonyl (C=O) groups is 2. The molecule has 0 spiro atoms. The van der Waals surface area contributed by atoms with Crippen LogP contribution in [0.3, 0.4) is 0 Å². The number of amides is 2. The molecule has 0 aliphatic carbocycles. The Kier molecular flexibility index (Phi) is 2.93. The maximum absolute atomic E-state index is 12.0. The molecule has 2 rings (SSSR count). The molecule has 84 valence electrons. The number of urea groups is 1. The van der Waals surface area contributed by atoms with E-state index in [2.05, 4.69) is 0 Å². The summed E-state index contributed by atoms with van der Waals surface area (Å²) >= 11 is 0. The Morgan fingerprint density at radius 1 is 1.20 bits per heavy atom. The molecule has 1 unspecified atom stereocenters. The number of rotatable bonds is 0. The van der Waals surface area contributed by atoms with Crippen LogP contribution < -0.4 is 0 Å². The van der Waals surface area contributed by atoms with Gasteiger partial charge in [0.15, 0.2) is 0 Å². The summed E-state index contributed by atoms with van der Waals surface area (Å²) in [7, 11) is 0. The van der Waals surface area contributed by atoms with E-state index in [9.17, 15) is 9.59 Å². The van der Waals surface area contributed by atoms with E-state index in [1.807, 2.05) is 16.7 Å². The number of nitrogens with zero attached hydrogens (tertiary/aromatic N) is 2. The molecule has 15 heavy (non-hydrogen) atoms. The van der Waals surface area contributed by atoms with Crippen LogP contribution in [-0.2, 0) is 4.79 Å². The number of likely N-dealkylation sites (tertiary alicyclic amines) is 2. The Morgan fingerprint density at radius 3 is 2.47 bits per heavy atom. The zero-order chi connectivity index (χ0) is 10.8. The van der Waals surface area contributed by atoms with Gasteiger partial charge in [-0.3, -0.25) is 4.79 Å². The molecule has 4 heteroatoms. The molecule has 1 atom stereocenters. The summed E-state index contributed by atoms with van der Waals surface area (Å²) in [5, 5.41) is 0. The number of Topliss-reactive ketones (excluding diaryl/α,β-unsaturated/α-hetero) is 1. The minimum Gasteiger partial charge on any atom is -0.325 e. The van der Waals surface area contributed by atoms with Crippen LogP contribution >= 0.6 is 0 Å². The third-order valence-electron chi connectivity index (χ3n) is 3.32. The first-order valence-corrected chi connectivity index (χ1v) is 5.75. The van der Waals surface area contributed by atoms with Crippen LogP contribution in [0.2, 0.25) is 0 Å². The van der Waals surface area contributed by atoms with Gasteiger partial charge in [0.25, 0.3) is 0 Å². The maximum atomic E-state index is 12.0. The third kappa shape index (κ3) is 2.13. The van der Waals surface area contributed by atoms with Gasteiger partial charge < -0.3 is 9.80 Å². The van der Waals surface area contributed by atoms with Crippen LogP contribution in [0.5, 0.6) is 0 Å². The Bertz CT molecular complexity index is 272. The van der Waals surface area contributed by atoms with Gasteiger partial charge in [-0.1, -0.05) is 6.92 Å². The van der Waals surface area contributed by atoms with Crippen molar-refractivity contribution >= 4 is 11.8 Å². The monoisotopic (exact) mass is 210 g/mol. The topological polar surface area (TPSA) is 40.6 Å². The summed E-state index contributed by atoms with van der Waals surface area (Å²) < 4.78 is 0. The Morgan fingerprint density at radius 2 is 1.87 bits per heavy atom. The summed E-state index contributed by atoms with van der Waals surface area (Å²) in [5.41, 5.74) is 0. The lowest BCUT2D eigenvalue weighted by Crippen LogP contribution is -2.48. The molecule has 2 saturated heterocycles. The van der Waals surface area contributed by atoms with Gasteiger partial charge >= 0.3 is 6.03 Å². The van der Waals surface area contributed by atoms with Crippen molar-refractivity contribution < 1.29 is 9.59 Å². The van der Waals surface area contributed by atoms with Gasteiger partial charge in [0, 0.05) is 38.5 Å². The second-order valence-electron chi connectivity index (χ2n) is 4.54. The van der Waals surface area contributed by atoms with Crippen molar-refractivity contribution in [3.8, 4) is 0 Å². The first-order chi connectivity index (χ1) is 7.18. The van der Waals surface area contributed by atoms with E-state index in [1.54, 1.807) is 0 Å². The maximum Gasteiger partial charge on any atom is 0.320 e. The fourth-order valence-electron chi connectivity index (χ4n) is 2.30. The first-order valence-electron chi connectivity index (χ1n) is 5.75. The Labute approximate surface area is 90.2 Å². The number of hydrogen-bond acceptors (Lipinski definition) is 2. The zero-order valence-corrected chi connectivity index (χ0v) is 9.24. The summed E-state index contributed by atoms with van der Waals surface area (Å²) in [6.45, 7) is 4.90. The SMILES string of the molecule is CC1CN(C(=O)N2CCCC2)CCC1=O. The largest absolute Gasteiger partial charge is 0.325 e. The van der Waals surface area contributed by atoms with Gasteiger partial charge in [0.05, 0.1) is 0 Å². The lowest BCUT2D eigenvalue weighted by atomic mass is 9.99. The van der Waals surface area contributed by atoms with Gasteiger partial charge in [-0.25, -0.2) is 4.79 Å². The molecule has 0 aromatic heterocycles. The van der Waals surface area contributed by atoms with Crippen molar-refractivity contribution in [1.82, 2.24) is 9.80 Å². The van der Waals surface area contributed by atoms with Crippen LogP contribution in [0, 0.1) is 5.92 Å². The molecule has 2 heterocycles. The molecule has 0 aromatic carbocycles. The quantitative estimate of drug-likeness (QED) is 0.601. The average Bonchev–Trinajstić information content (AvgIpc) is 2.74. The van der Waals surface area contributed by atoms with Crippen LogP contribution in [0.4, 0.5) is 4.79 Å². The van der Waals surface area contributed by atoms with E-state index in [-0.39, 0.29) is 11.9 Å². The van der Waals surface area contributed by atoms with Crippen molar-refractivity contribution in [1.29, 1.82) is 0 Å². The van der Waals surface area contributed by atoms with Crippen LogP contribution in [0.15, 0.2) is 0 Å². The molecule has 2 amide bonds.